The Morgan fingerprint density at radius 3 is 2.08 bits per heavy atom. The number of carbonyl (C=O) groups excluding carboxylic acids is 5. The van der Waals surface area contributed by atoms with Crippen molar-refractivity contribution in [3.8, 4) is 0 Å². The first-order chi connectivity index (χ1) is 24.0. The first-order valence-electron chi connectivity index (χ1n) is 18.0. The SMILES string of the molecule is COC(=O)[C@H](Cc1ccc(C(=O)c2ccccc2)cc1)NC(=O)/C(C)=C/[C@H](C(C)C)N(C)C(=O)[C@@H](NC(=O)C1CCCCN1C(C)C)C(C)(C)C. The number of piperidine rings is 1. The van der Waals surface area contributed by atoms with E-state index < -0.39 is 35.4 Å². The van der Waals surface area contributed by atoms with E-state index in [1.165, 1.54) is 7.11 Å². The van der Waals surface area contributed by atoms with Crippen molar-refractivity contribution in [1.82, 2.24) is 20.4 Å². The molecule has 0 radical (unpaired) electrons. The molecule has 10 heteroatoms. The van der Waals surface area contributed by atoms with Gasteiger partial charge in [0.1, 0.15) is 12.1 Å². The first kappa shape index (κ1) is 41.1. The van der Waals surface area contributed by atoms with Crippen LogP contribution in [0.3, 0.4) is 0 Å². The third-order valence-corrected chi connectivity index (χ3v) is 9.65. The van der Waals surface area contributed by atoms with E-state index in [-0.39, 0.29) is 42.0 Å². The van der Waals surface area contributed by atoms with Gasteiger partial charge in [0.2, 0.25) is 17.7 Å². The summed E-state index contributed by atoms with van der Waals surface area (Å²) in [7, 11) is 2.96. The lowest BCUT2D eigenvalue weighted by atomic mass is 9.84. The van der Waals surface area contributed by atoms with Crippen LogP contribution in [0.15, 0.2) is 66.2 Å². The van der Waals surface area contributed by atoms with Crippen molar-refractivity contribution in [2.45, 2.75) is 111 Å². The van der Waals surface area contributed by atoms with Crippen LogP contribution in [0, 0.1) is 11.3 Å². The quantitative estimate of drug-likeness (QED) is 0.155. The fourth-order valence-corrected chi connectivity index (χ4v) is 6.57. The second-order valence-electron chi connectivity index (χ2n) is 15.3. The predicted molar refractivity (Wildman–Crippen MR) is 200 cm³/mol. The largest absolute Gasteiger partial charge is 0.467 e. The van der Waals surface area contributed by atoms with E-state index >= 15 is 0 Å². The molecule has 278 valence electrons. The average Bonchev–Trinajstić information content (AvgIpc) is 3.11. The molecule has 0 aliphatic carbocycles. The van der Waals surface area contributed by atoms with Crippen molar-refractivity contribution in [2.24, 2.45) is 11.3 Å². The molecule has 2 aromatic rings. The van der Waals surface area contributed by atoms with Gasteiger partial charge >= 0.3 is 5.97 Å². The third kappa shape index (κ3) is 11.1. The lowest BCUT2D eigenvalue weighted by molar-refractivity contribution is -0.144. The Balaban J connectivity index is 1.76. The number of hydrogen-bond donors (Lipinski definition) is 2. The van der Waals surface area contributed by atoms with Crippen LogP contribution in [0.1, 0.15) is 96.1 Å². The molecule has 51 heavy (non-hydrogen) atoms. The zero-order valence-electron chi connectivity index (χ0n) is 32.1. The number of methoxy groups -OCH3 is 1. The van der Waals surface area contributed by atoms with Gasteiger partial charge in [0.15, 0.2) is 5.78 Å². The Bertz CT molecular complexity index is 1540. The molecule has 0 spiro atoms. The molecule has 0 saturated carbocycles. The number of esters is 1. The second-order valence-corrected chi connectivity index (χ2v) is 15.3. The summed E-state index contributed by atoms with van der Waals surface area (Å²) in [6.07, 6.45) is 4.66. The normalized spacial score (nSPS) is 17.3. The number of nitrogens with zero attached hydrogens (tertiary/aromatic N) is 2. The van der Waals surface area contributed by atoms with E-state index in [1.807, 2.05) is 52.8 Å². The van der Waals surface area contributed by atoms with Crippen molar-refractivity contribution in [3.05, 3.63) is 82.9 Å². The molecule has 1 heterocycles. The maximum Gasteiger partial charge on any atom is 0.328 e. The van der Waals surface area contributed by atoms with E-state index in [2.05, 4.69) is 29.4 Å². The Hall–Kier alpha value is -4.31. The number of carbonyl (C=O) groups is 5. The summed E-state index contributed by atoms with van der Waals surface area (Å²) >= 11 is 0. The highest BCUT2D eigenvalue weighted by atomic mass is 16.5. The molecule has 1 aliphatic heterocycles. The van der Waals surface area contributed by atoms with E-state index in [0.717, 1.165) is 31.4 Å². The number of amides is 3. The highest BCUT2D eigenvalue weighted by Gasteiger charge is 2.40. The van der Waals surface area contributed by atoms with Crippen LogP contribution in [0.2, 0.25) is 0 Å². The van der Waals surface area contributed by atoms with Gasteiger partial charge in [0.25, 0.3) is 0 Å². The number of ether oxygens (including phenoxy) is 1. The molecule has 0 aromatic heterocycles. The summed E-state index contributed by atoms with van der Waals surface area (Å²) in [4.78, 5) is 70.8. The lowest BCUT2D eigenvalue weighted by Gasteiger charge is -2.41. The Kier molecular flexibility index (Phi) is 14.7. The minimum absolute atomic E-state index is 0.0682. The summed E-state index contributed by atoms with van der Waals surface area (Å²) in [5, 5.41) is 5.91. The molecular formula is C41H58N4O6. The predicted octanol–water partition coefficient (Wildman–Crippen LogP) is 5.34. The topological polar surface area (TPSA) is 125 Å². The van der Waals surface area contributed by atoms with Crippen molar-refractivity contribution < 1.29 is 28.7 Å². The number of ketones is 1. The molecule has 1 saturated heterocycles. The van der Waals surface area contributed by atoms with Crippen LogP contribution in [0.4, 0.5) is 0 Å². The monoisotopic (exact) mass is 702 g/mol. The van der Waals surface area contributed by atoms with E-state index in [9.17, 15) is 24.0 Å². The van der Waals surface area contributed by atoms with Gasteiger partial charge < -0.3 is 20.3 Å². The van der Waals surface area contributed by atoms with Crippen LogP contribution in [0.5, 0.6) is 0 Å². The summed E-state index contributed by atoms with van der Waals surface area (Å²) in [5.74, 6) is -1.63. The van der Waals surface area contributed by atoms with Crippen molar-refractivity contribution in [3.63, 3.8) is 0 Å². The van der Waals surface area contributed by atoms with Gasteiger partial charge in [-0.2, -0.15) is 0 Å². The maximum absolute atomic E-state index is 14.2. The summed E-state index contributed by atoms with van der Waals surface area (Å²) in [5.41, 5.74) is 1.59. The van der Waals surface area contributed by atoms with Crippen LogP contribution >= 0.6 is 0 Å². The molecule has 1 fully saturated rings. The molecule has 1 aliphatic rings. The first-order valence-corrected chi connectivity index (χ1v) is 18.0. The molecule has 2 N–H and O–H groups in total. The summed E-state index contributed by atoms with van der Waals surface area (Å²) < 4.78 is 5.01. The number of likely N-dealkylation sites (tertiary alicyclic amines) is 1. The number of hydrogen-bond acceptors (Lipinski definition) is 7. The van der Waals surface area contributed by atoms with Gasteiger partial charge in [-0.1, -0.05) is 102 Å². The average molecular weight is 703 g/mol. The fraction of sp³-hybridized carbons (Fsp3) is 0.537. The molecule has 0 bridgehead atoms. The highest BCUT2D eigenvalue weighted by Crippen LogP contribution is 2.26. The minimum atomic E-state index is -0.982. The van der Waals surface area contributed by atoms with Gasteiger partial charge in [-0.15, -0.1) is 0 Å². The molecule has 3 amide bonds. The molecule has 10 nitrogen and oxygen atoms in total. The number of nitrogens with one attached hydrogen (secondary N) is 2. The van der Waals surface area contributed by atoms with Gasteiger partial charge in [-0.3, -0.25) is 24.1 Å². The Morgan fingerprint density at radius 2 is 1.53 bits per heavy atom. The summed E-state index contributed by atoms with van der Waals surface area (Å²) in [6, 6.07) is 13.6. The van der Waals surface area contributed by atoms with Crippen LogP contribution in [0.25, 0.3) is 0 Å². The Labute approximate surface area is 304 Å². The van der Waals surface area contributed by atoms with Crippen LogP contribution in [-0.4, -0.2) is 90.2 Å². The van der Waals surface area contributed by atoms with Crippen LogP contribution < -0.4 is 10.6 Å². The standard InChI is InChI=1S/C41H58N4O6/c1-26(2)34(44(9)39(49)36(41(6,7)8)43-38(48)33-18-14-15-23-45(33)27(3)4)24-28(5)37(47)42-32(40(50)51-10)25-29-19-21-31(22-20-29)35(46)30-16-12-11-13-17-30/h11-13,16-17,19-22,24,26-27,32-34,36H,14-15,18,23,25H2,1-10H3,(H,42,47)(H,43,48)/b28-24+/t32-,33?,34+,36+/m0/s1. The van der Waals surface area contributed by atoms with Gasteiger partial charge in [0.05, 0.1) is 19.2 Å². The van der Waals surface area contributed by atoms with Gasteiger partial charge in [-0.05, 0) is 57.1 Å². The molecular weight excluding hydrogens is 644 g/mol. The van der Waals surface area contributed by atoms with Crippen molar-refractivity contribution in [2.75, 3.05) is 20.7 Å². The molecule has 1 unspecified atom stereocenters. The second kappa shape index (κ2) is 18.3. The molecule has 2 aromatic carbocycles. The van der Waals surface area contributed by atoms with E-state index in [0.29, 0.717) is 16.7 Å². The van der Waals surface area contributed by atoms with Gasteiger partial charge in [-0.25, -0.2) is 4.79 Å². The van der Waals surface area contributed by atoms with E-state index in [4.69, 9.17) is 4.74 Å². The van der Waals surface area contributed by atoms with Crippen molar-refractivity contribution in [1.29, 1.82) is 0 Å². The zero-order valence-corrected chi connectivity index (χ0v) is 32.1. The molecule has 4 atom stereocenters. The number of benzene rings is 2. The summed E-state index contributed by atoms with van der Waals surface area (Å²) in [6.45, 7) is 16.4. The minimum Gasteiger partial charge on any atom is -0.467 e. The van der Waals surface area contributed by atoms with E-state index in [1.54, 1.807) is 61.3 Å². The maximum atomic E-state index is 14.2. The van der Waals surface area contributed by atoms with Crippen LogP contribution in [-0.2, 0) is 30.3 Å². The Morgan fingerprint density at radius 1 is 0.922 bits per heavy atom. The number of likely N-dealkylation sites (N-methyl/N-ethyl adjacent to an activating group) is 1. The smallest absolute Gasteiger partial charge is 0.328 e. The fourth-order valence-electron chi connectivity index (χ4n) is 6.57. The third-order valence-electron chi connectivity index (χ3n) is 9.65. The number of rotatable bonds is 14. The highest BCUT2D eigenvalue weighted by molar-refractivity contribution is 6.09. The molecule has 3 rings (SSSR count). The van der Waals surface area contributed by atoms with Gasteiger partial charge in [0, 0.05) is 36.2 Å². The van der Waals surface area contributed by atoms with Crippen molar-refractivity contribution >= 4 is 29.5 Å². The lowest BCUT2D eigenvalue weighted by Crippen LogP contribution is -2.60. The zero-order chi connectivity index (χ0) is 38.0.